The van der Waals surface area contributed by atoms with E-state index in [0.29, 0.717) is 6.04 Å². The normalized spacial score (nSPS) is 24.4. The second kappa shape index (κ2) is 9.43. The molecule has 184 valence electrons. The Kier molecular flexibility index (Phi) is 5.97. The highest BCUT2D eigenvalue weighted by Crippen LogP contribution is 2.43. The number of nitrogens with one attached hydrogen (secondary N) is 2. The van der Waals surface area contributed by atoms with Crippen LogP contribution in [0.5, 0.6) is 0 Å². The van der Waals surface area contributed by atoms with Gasteiger partial charge in [-0.2, -0.15) is 0 Å². The SMILES string of the molecule is CN(C)C1=C2C=CC=CC2N(N[C@H]2CC[C@@H](C(=O)NC3c4ccccc4-c4ccccc43)CC2)C=N1. The zero-order valence-corrected chi connectivity index (χ0v) is 20.9. The number of nitrogens with zero attached hydrogens (tertiary/aromatic N) is 3. The van der Waals surface area contributed by atoms with Crippen molar-refractivity contribution in [3.63, 3.8) is 0 Å². The Morgan fingerprint density at radius 1 is 0.944 bits per heavy atom. The molecule has 6 heteroatoms. The summed E-state index contributed by atoms with van der Waals surface area (Å²) in [5, 5.41) is 5.52. The monoisotopic (exact) mass is 479 g/mol. The summed E-state index contributed by atoms with van der Waals surface area (Å²) < 4.78 is 0. The highest BCUT2D eigenvalue weighted by atomic mass is 16.1. The molecule has 2 aromatic rings. The van der Waals surface area contributed by atoms with Gasteiger partial charge in [0.2, 0.25) is 5.91 Å². The summed E-state index contributed by atoms with van der Waals surface area (Å²) in [4.78, 5) is 20.1. The largest absolute Gasteiger partial charge is 0.362 e. The van der Waals surface area contributed by atoms with E-state index in [1.807, 2.05) is 20.4 Å². The van der Waals surface area contributed by atoms with Crippen LogP contribution in [0.1, 0.15) is 42.9 Å². The Morgan fingerprint density at radius 2 is 1.61 bits per heavy atom. The first-order valence-corrected chi connectivity index (χ1v) is 12.9. The van der Waals surface area contributed by atoms with E-state index in [2.05, 4.69) is 93.5 Å². The summed E-state index contributed by atoms with van der Waals surface area (Å²) >= 11 is 0. The summed E-state index contributed by atoms with van der Waals surface area (Å²) in [6, 6.07) is 17.2. The van der Waals surface area contributed by atoms with Gasteiger partial charge < -0.3 is 10.2 Å². The molecule has 1 unspecified atom stereocenters. The van der Waals surface area contributed by atoms with Gasteiger partial charge in [-0.05, 0) is 47.9 Å². The molecule has 1 amide bonds. The fourth-order valence-corrected chi connectivity index (χ4v) is 6.00. The van der Waals surface area contributed by atoms with Crippen LogP contribution in [0, 0.1) is 5.92 Å². The van der Waals surface area contributed by atoms with E-state index in [-0.39, 0.29) is 23.9 Å². The summed E-state index contributed by atoms with van der Waals surface area (Å²) in [5.74, 6) is 1.21. The van der Waals surface area contributed by atoms with Crippen molar-refractivity contribution in [1.82, 2.24) is 20.7 Å². The first kappa shape index (κ1) is 22.8. The first-order chi connectivity index (χ1) is 17.6. The van der Waals surface area contributed by atoms with Crippen LogP contribution in [0.25, 0.3) is 11.1 Å². The average molecular weight is 480 g/mol. The number of hydrogen-bond donors (Lipinski definition) is 2. The van der Waals surface area contributed by atoms with Gasteiger partial charge in [-0.1, -0.05) is 72.8 Å². The van der Waals surface area contributed by atoms with Crippen molar-refractivity contribution in [3.8, 4) is 11.1 Å². The topological polar surface area (TPSA) is 60.0 Å². The number of amides is 1. The van der Waals surface area contributed by atoms with Gasteiger partial charge in [-0.25, -0.2) is 10.4 Å². The van der Waals surface area contributed by atoms with E-state index in [1.54, 1.807) is 0 Å². The molecule has 2 N–H and O–H groups in total. The van der Waals surface area contributed by atoms with E-state index in [0.717, 1.165) is 31.5 Å². The van der Waals surface area contributed by atoms with Gasteiger partial charge in [0.1, 0.15) is 12.2 Å². The van der Waals surface area contributed by atoms with E-state index in [1.165, 1.54) is 27.8 Å². The molecule has 6 nitrogen and oxygen atoms in total. The van der Waals surface area contributed by atoms with Crippen LogP contribution in [0.15, 0.2) is 89.2 Å². The number of fused-ring (bicyclic) bond motifs is 4. The standard InChI is InChI=1S/C30H33N5O/c1-34(2)29-26-13-7-8-14-27(26)35(19-31-29)33-21-17-15-20(16-18-21)30(36)32-28-24-11-5-3-9-22(24)23-10-4-6-12-25(23)28/h3-14,19-21,27-28,33H,15-18H2,1-2H3,(H,32,36)/t20-,21+,27?. The third-order valence-corrected chi connectivity index (χ3v) is 7.83. The molecule has 4 aliphatic rings. The van der Waals surface area contributed by atoms with Crippen molar-refractivity contribution in [2.75, 3.05) is 14.1 Å². The third-order valence-electron chi connectivity index (χ3n) is 7.83. The smallest absolute Gasteiger partial charge is 0.223 e. The molecule has 6 rings (SSSR count). The van der Waals surface area contributed by atoms with Crippen LogP contribution >= 0.6 is 0 Å². The minimum atomic E-state index is -0.0624. The molecule has 0 aromatic heterocycles. The lowest BCUT2D eigenvalue weighted by Gasteiger charge is -2.39. The van der Waals surface area contributed by atoms with Gasteiger partial charge in [0, 0.05) is 31.6 Å². The van der Waals surface area contributed by atoms with Crippen LogP contribution in [0.2, 0.25) is 0 Å². The average Bonchev–Trinajstić information content (AvgIpc) is 3.22. The summed E-state index contributed by atoms with van der Waals surface area (Å²) in [6.07, 6.45) is 14.1. The number of rotatable bonds is 5. The highest BCUT2D eigenvalue weighted by molar-refractivity contribution is 5.84. The Labute approximate surface area is 213 Å². The van der Waals surface area contributed by atoms with Gasteiger partial charge in [-0.3, -0.25) is 9.80 Å². The third kappa shape index (κ3) is 4.05. The molecule has 0 saturated heterocycles. The molecule has 1 atom stereocenters. The number of benzene rings is 2. The number of carbonyl (C=O) groups excluding carboxylic acids is 1. The van der Waals surface area contributed by atoms with Crippen molar-refractivity contribution in [3.05, 3.63) is 95.4 Å². The molecular weight excluding hydrogens is 446 g/mol. The molecular formula is C30H33N5O. The molecule has 1 fully saturated rings. The van der Waals surface area contributed by atoms with Gasteiger partial charge in [-0.15, -0.1) is 0 Å². The lowest BCUT2D eigenvalue weighted by atomic mass is 9.85. The second-order valence-corrected chi connectivity index (χ2v) is 10.3. The number of carbonyl (C=O) groups is 1. The molecule has 0 bridgehead atoms. The number of aliphatic imine (C=N–C) groups is 1. The number of allylic oxidation sites excluding steroid dienone is 2. The van der Waals surface area contributed by atoms with Crippen LogP contribution in [-0.2, 0) is 4.79 Å². The summed E-state index contributed by atoms with van der Waals surface area (Å²) in [6.45, 7) is 0. The molecule has 1 saturated carbocycles. The van der Waals surface area contributed by atoms with E-state index >= 15 is 0 Å². The Balaban J connectivity index is 1.08. The van der Waals surface area contributed by atoms with Crippen LogP contribution < -0.4 is 10.7 Å². The summed E-state index contributed by atoms with van der Waals surface area (Å²) in [7, 11) is 4.06. The molecule has 2 aromatic carbocycles. The Bertz CT molecular complexity index is 1240. The van der Waals surface area contributed by atoms with Crippen molar-refractivity contribution in [2.45, 2.75) is 43.8 Å². The first-order valence-electron chi connectivity index (χ1n) is 12.9. The van der Waals surface area contributed by atoms with Crippen molar-refractivity contribution in [2.24, 2.45) is 10.9 Å². The molecule has 0 radical (unpaired) electrons. The maximum atomic E-state index is 13.4. The zero-order valence-electron chi connectivity index (χ0n) is 20.9. The maximum Gasteiger partial charge on any atom is 0.223 e. The Hall–Kier alpha value is -3.64. The van der Waals surface area contributed by atoms with Crippen molar-refractivity contribution < 1.29 is 4.79 Å². The van der Waals surface area contributed by atoms with Crippen LogP contribution in [0.3, 0.4) is 0 Å². The highest BCUT2D eigenvalue weighted by Gasteiger charge is 2.34. The second-order valence-electron chi connectivity index (χ2n) is 10.3. The molecule has 1 aliphatic heterocycles. The quantitative estimate of drug-likeness (QED) is 0.661. The minimum absolute atomic E-state index is 0.0475. The van der Waals surface area contributed by atoms with Gasteiger partial charge >= 0.3 is 0 Å². The molecule has 3 aliphatic carbocycles. The Morgan fingerprint density at radius 3 is 2.28 bits per heavy atom. The fraction of sp³-hybridized carbons (Fsp3) is 0.333. The molecule has 1 heterocycles. The molecule has 36 heavy (non-hydrogen) atoms. The fourth-order valence-electron chi connectivity index (χ4n) is 6.00. The lowest BCUT2D eigenvalue weighted by Crippen LogP contribution is -2.52. The zero-order chi connectivity index (χ0) is 24.6. The van der Waals surface area contributed by atoms with Gasteiger partial charge in [0.05, 0.1) is 12.1 Å². The lowest BCUT2D eigenvalue weighted by molar-refractivity contribution is -0.126. The molecule has 0 spiro atoms. The van der Waals surface area contributed by atoms with E-state index < -0.39 is 0 Å². The predicted octanol–water partition coefficient (Wildman–Crippen LogP) is 4.55. The van der Waals surface area contributed by atoms with Crippen molar-refractivity contribution in [1.29, 1.82) is 0 Å². The minimum Gasteiger partial charge on any atom is -0.362 e. The van der Waals surface area contributed by atoms with Gasteiger partial charge in [0.25, 0.3) is 0 Å². The van der Waals surface area contributed by atoms with Gasteiger partial charge in [0.15, 0.2) is 0 Å². The van der Waals surface area contributed by atoms with Crippen LogP contribution in [-0.4, -0.2) is 48.3 Å². The van der Waals surface area contributed by atoms with E-state index in [9.17, 15) is 4.79 Å². The number of hydrazine groups is 1. The predicted molar refractivity (Wildman–Crippen MR) is 144 cm³/mol. The van der Waals surface area contributed by atoms with Crippen LogP contribution in [0.4, 0.5) is 0 Å². The summed E-state index contributed by atoms with van der Waals surface area (Å²) in [5.41, 5.74) is 9.74. The number of hydrogen-bond acceptors (Lipinski definition) is 5. The van der Waals surface area contributed by atoms with E-state index in [4.69, 9.17) is 4.99 Å². The van der Waals surface area contributed by atoms with Crippen molar-refractivity contribution >= 4 is 12.2 Å². The maximum absolute atomic E-state index is 13.4.